The highest BCUT2D eigenvalue weighted by Gasteiger charge is 2.20. The van der Waals surface area contributed by atoms with Crippen LogP contribution in [0.15, 0.2) is 28.7 Å². The maximum atomic E-state index is 11.0. The number of rotatable bonds is 5. The van der Waals surface area contributed by atoms with Crippen molar-refractivity contribution in [1.82, 2.24) is 4.90 Å². The van der Waals surface area contributed by atoms with Crippen LogP contribution in [-0.4, -0.2) is 30.4 Å². The van der Waals surface area contributed by atoms with Gasteiger partial charge in [0.15, 0.2) is 0 Å². The molecule has 1 aromatic carbocycles. The van der Waals surface area contributed by atoms with Crippen molar-refractivity contribution < 1.29 is 4.79 Å². The van der Waals surface area contributed by atoms with E-state index in [2.05, 4.69) is 39.0 Å². The van der Waals surface area contributed by atoms with Crippen molar-refractivity contribution >= 4 is 21.8 Å². The third-order valence-electron chi connectivity index (χ3n) is 3.70. The zero-order chi connectivity index (χ0) is 13.7. The quantitative estimate of drug-likeness (QED) is 0.904. The van der Waals surface area contributed by atoms with Crippen molar-refractivity contribution in [2.45, 2.75) is 25.7 Å². The van der Waals surface area contributed by atoms with Crippen LogP contribution in [0.5, 0.6) is 0 Å². The summed E-state index contributed by atoms with van der Waals surface area (Å²) in [5.74, 6) is 0.285. The van der Waals surface area contributed by atoms with Gasteiger partial charge in [-0.1, -0.05) is 28.1 Å². The summed E-state index contributed by atoms with van der Waals surface area (Å²) in [4.78, 5) is 13.4. The van der Waals surface area contributed by atoms with Crippen LogP contribution in [0.1, 0.15) is 24.8 Å². The van der Waals surface area contributed by atoms with Crippen LogP contribution in [-0.2, 0) is 11.2 Å². The monoisotopic (exact) mass is 324 g/mol. The molecule has 1 amide bonds. The molecule has 1 heterocycles. The lowest BCUT2D eigenvalue weighted by Gasteiger charge is -2.32. The summed E-state index contributed by atoms with van der Waals surface area (Å²) in [5.41, 5.74) is 6.64. The van der Waals surface area contributed by atoms with Gasteiger partial charge in [0.05, 0.1) is 0 Å². The van der Waals surface area contributed by atoms with Crippen molar-refractivity contribution in [2.75, 3.05) is 19.6 Å². The van der Waals surface area contributed by atoms with E-state index in [9.17, 15) is 4.79 Å². The fourth-order valence-electron chi connectivity index (χ4n) is 2.79. The standard InChI is InChI=1S/C15H21BrN2O/c16-14-5-1-3-12(9-14)6-8-18-7-2-4-13(11-18)10-15(17)19/h1,3,5,9,13H,2,4,6-8,10-11H2,(H2,17,19). The molecule has 19 heavy (non-hydrogen) atoms. The van der Waals surface area contributed by atoms with Gasteiger partial charge >= 0.3 is 0 Å². The van der Waals surface area contributed by atoms with Crippen LogP contribution in [0.3, 0.4) is 0 Å². The van der Waals surface area contributed by atoms with Crippen molar-refractivity contribution in [2.24, 2.45) is 11.7 Å². The van der Waals surface area contributed by atoms with Gasteiger partial charge in [0.25, 0.3) is 0 Å². The molecular weight excluding hydrogens is 304 g/mol. The summed E-state index contributed by atoms with van der Waals surface area (Å²) in [6.45, 7) is 3.21. The Morgan fingerprint density at radius 3 is 3.05 bits per heavy atom. The number of carbonyl (C=O) groups excluding carboxylic acids is 1. The zero-order valence-electron chi connectivity index (χ0n) is 11.1. The van der Waals surface area contributed by atoms with E-state index < -0.39 is 0 Å². The SMILES string of the molecule is NC(=O)CC1CCCN(CCc2cccc(Br)c2)C1. The zero-order valence-corrected chi connectivity index (χ0v) is 12.7. The van der Waals surface area contributed by atoms with E-state index in [0.29, 0.717) is 12.3 Å². The molecule has 2 rings (SSSR count). The van der Waals surface area contributed by atoms with E-state index in [1.54, 1.807) is 0 Å². The highest BCUT2D eigenvalue weighted by molar-refractivity contribution is 9.10. The molecule has 4 heteroatoms. The highest BCUT2D eigenvalue weighted by Crippen LogP contribution is 2.20. The lowest BCUT2D eigenvalue weighted by Crippen LogP contribution is -2.38. The smallest absolute Gasteiger partial charge is 0.217 e. The summed E-state index contributed by atoms with van der Waals surface area (Å²) in [5, 5.41) is 0. The van der Waals surface area contributed by atoms with Crippen LogP contribution in [0, 0.1) is 5.92 Å². The molecule has 1 aromatic rings. The molecule has 0 spiro atoms. The third kappa shape index (κ3) is 4.96. The fraction of sp³-hybridized carbons (Fsp3) is 0.533. The molecule has 3 nitrogen and oxygen atoms in total. The fourth-order valence-corrected chi connectivity index (χ4v) is 3.23. The Hall–Kier alpha value is -0.870. The third-order valence-corrected chi connectivity index (χ3v) is 4.19. The molecule has 1 fully saturated rings. The van der Waals surface area contributed by atoms with Crippen LogP contribution in [0.2, 0.25) is 0 Å². The molecular formula is C15H21BrN2O. The molecule has 1 aliphatic rings. The first-order valence-electron chi connectivity index (χ1n) is 6.88. The number of piperidine rings is 1. The van der Waals surface area contributed by atoms with E-state index in [-0.39, 0.29) is 5.91 Å². The molecule has 2 N–H and O–H groups in total. The molecule has 1 saturated heterocycles. The van der Waals surface area contributed by atoms with Crippen molar-refractivity contribution in [3.8, 4) is 0 Å². The molecule has 1 aliphatic heterocycles. The molecule has 0 radical (unpaired) electrons. The minimum absolute atomic E-state index is 0.168. The number of nitrogens with two attached hydrogens (primary N) is 1. The summed E-state index contributed by atoms with van der Waals surface area (Å²) in [6.07, 6.45) is 3.91. The largest absolute Gasteiger partial charge is 0.370 e. The number of hydrogen-bond donors (Lipinski definition) is 1. The Labute approximate surface area is 123 Å². The van der Waals surface area contributed by atoms with Gasteiger partial charge in [0, 0.05) is 24.0 Å². The lowest BCUT2D eigenvalue weighted by molar-refractivity contribution is -0.119. The van der Waals surface area contributed by atoms with Crippen LogP contribution in [0.4, 0.5) is 0 Å². The van der Waals surface area contributed by atoms with Gasteiger partial charge in [0.2, 0.25) is 5.91 Å². The van der Waals surface area contributed by atoms with Crippen LogP contribution in [0.25, 0.3) is 0 Å². The van der Waals surface area contributed by atoms with Crippen molar-refractivity contribution in [3.63, 3.8) is 0 Å². The molecule has 104 valence electrons. The molecule has 0 bridgehead atoms. The summed E-state index contributed by atoms with van der Waals surface area (Å²) >= 11 is 3.50. The maximum absolute atomic E-state index is 11.0. The molecule has 0 aromatic heterocycles. The molecule has 1 unspecified atom stereocenters. The number of halogens is 1. The van der Waals surface area contributed by atoms with Gasteiger partial charge < -0.3 is 10.6 Å². The minimum atomic E-state index is -0.168. The highest BCUT2D eigenvalue weighted by atomic mass is 79.9. The van der Waals surface area contributed by atoms with E-state index in [1.165, 1.54) is 12.0 Å². The number of amides is 1. The van der Waals surface area contributed by atoms with Crippen LogP contribution >= 0.6 is 15.9 Å². The second-order valence-electron chi connectivity index (χ2n) is 5.36. The van der Waals surface area contributed by atoms with Gasteiger partial charge in [-0.25, -0.2) is 0 Å². The maximum Gasteiger partial charge on any atom is 0.217 e. The van der Waals surface area contributed by atoms with Crippen molar-refractivity contribution in [1.29, 1.82) is 0 Å². The number of carbonyl (C=O) groups is 1. The second kappa shape index (κ2) is 7.06. The second-order valence-corrected chi connectivity index (χ2v) is 6.27. The van der Waals surface area contributed by atoms with Gasteiger partial charge in [-0.05, 0) is 49.4 Å². The summed E-state index contributed by atoms with van der Waals surface area (Å²) in [7, 11) is 0. The predicted molar refractivity (Wildman–Crippen MR) is 80.8 cm³/mol. The van der Waals surface area contributed by atoms with E-state index in [1.807, 2.05) is 6.07 Å². The number of primary amides is 1. The number of likely N-dealkylation sites (tertiary alicyclic amines) is 1. The number of hydrogen-bond acceptors (Lipinski definition) is 2. The Morgan fingerprint density at radius 2 is 2.32 bits per heavy atom. The Bertz CT molecular complexity index is 436. The average Bonchev–Trinajstić information content (AvgIpc) is 2.36. The topological polar surface area (TPSA) is 46.3 Å². The Balaban J connectivity index is 1.81. The van der Waals surface area contributed by atoms with Gasteiger partial charge in [0.1, 0.15) is 0 Å². The minimum Gasteiger partial charge on any atom is -0.370 e. The molecule has 1 atom stereocenters. The van der Waals surface area contributed by atoms with E-state index >= 15 is 0 Å². The van der Waals surface area contributed by atoms with Crippen molar-refractivity contribution in [3.05, 3.63) is 34.3 Å². The normalized spacial score (nSPS) is 20.4. The van der Waals surface area contributed by atoms with E-state index in [0.717, 1.165) is 36.9 Å². The lowest BCUT2D eigenvalue weighted by atomic mass is 9.94. The average molecular weight is 325 g/mol. The Morgan fingerprint density at radius 1 is 1.47 bits per heavy atom. The Kier molecular flexibility index (Phi) is 5.40. The predicted octanol–water partition coefficient (Wildman–Crippen LogP) is 2.58. The molecule has 0 saturated carbocycles. The van der Waals surface area contributed by atoms with Gasteiger partial charge in [-0.2, -0.15) is 0 Å². The van der Waals surface area contributed by atoms with E-state index in [4.69, 9.17) is 5.73 Å². The number of benzene rings is 1. The molecule has 0 aliphatic carbocycles. The summed E-state index contributed by atoms with van der Waals surface area (Å²) in [6, 6.07) is 8.46. The summed E-state index contributed by atoms with van der Waals surface area (Å²) < 4.78 is 1.13. The first kappa shape index (κ1) is 14.5. The first-order chi connectivity index (χ1) is 9.13. The number of nitrogens with zero attached hydrogens (tertiary/aromatic N) is 1. The van der Waals surface area contributed by atoms with Gasteiger partial charge in [-0.15, -0.1) is 0 Å². The van der Waals surface area contributed by atoms with Crippen LogP contribution < -0.4 is 5.73 Å². The first-order valence-corrected chi connectivity index (χ1v) is 7.68. The van der Waals surface area contributed by atoms with Gasteiger partial charge in [-0.3, -0.25) is 4.79 Å².